The maximum absolute atomic E-state index is 12.4. The highest BCUT2D eigenvalue weighted by atomic mass is 16.5. The number of hydrogen-bond donors (Lipinski definition) is 2. The molecule has 0 saturated heterocycles. The molecule has 0 fully saturated rings. The summed E-state index contributed by atoms with van der Waals surface area (Å²) in [5, 5.41) is 19.8. The molecule has 1 heterocycles. The molecule has 7 heteroatoms. The molecule has 0 unspecified atom stereocenters. The quantitative estimate of drug-likeness (QED) is 0.487. The van der Waals surface area contributed by atoms with Gasteiger partial charge in [-0.1, -0.05) is 24.3 Å². The van der Waals surface area contributed by atoms with Crippen LogP contribution in [-0.2, 0) is 11.2 Å². The van der Waals surface area contributed by atoms with Crippen LogP contribution in [0.3, 0.4) is 0 Å². The molecule has 26 heavy (non-hydrogen) atoms. The lowest BCUT2D eigenvalue weighted by Crippen LogP contribution is -2.36. The number of phenols is 1. The third kappa shape index (κ3) is 3.73. The molecule has 0 saturated carbocycles. The molecule has 1 aliphatic heterocycles. The van der Waals surface area contributed by atoms with E-state index in [-0.39, 0.29) is 30.1 Å². The summed E-state index contributed by atoms with van der Waals surface area (Å²) in [5.74, 6) is -0.834. The minimum Gasteiger partial charge on any atom is -0.535 e. The first-order chi connectivity index (χ1) is 12.5. The molecule has 6 nitrogen and oxygen atoms in total. The van der Waals surface area contributed by atoms with E-state index >= 15 is 0 Å². The number of Topliss-reactive ketones (excluding diaryl/α,β-unsaturated/α-hetero) is 1. The van der Waals surface area contributed by atoms with Crippen molar-refractivity contribution in [1.29, 1.82) is 0 Å². The van der Waals surface area contributed by atoms with Crippen molar-refractivity contribution in [3.63, 3.8) is 0 Å². The Hall–Kier alpha value is -2.80. The zero-order chi connectivity index (χ0) is 18.7. The molecular weight excluding hydrogens is 335 g/mol. The Balaban J connectivity index is 1.79. The van der Waals surface area contributed by atoms with Gasteiger partial charge in [-0.15, -0.1) is 0 Å². The summed E-state index contributed by atoms with van der Waals surface area (Å²) < 4.78 is 10.6. The molecule has 1 atom stereocenters. The number of carbonyl (C=O) groups is 2. The van der Waals surface area contributed by atoms with E-state index in [2.05, 4.69) is 0 Å². The van der Waals surface area contributed by atoms with E-state index < -0.39 is 18.9 Å². The Kier molecular flexibility index (Phi) is 5.28. The number of esters is 1. The van der Waals surface area contributed by atoms with Crippen LogP contribution in [0.25, 0.3) is 0 Å². The highest BCUT2D eigenvalue weighted by Gasteiger charge is 2.38. The Bertz CT molecular complexity index is 835. The van der Waals surface area contributed by atoms with Crippen LogP contribution >= 0.6 is 0 Å². The lowest BCUT2D eigenvalue weighted by atomic mass is 9.64. The predicted octanol–water partition coefficient (Wildman–Crippen LogP) is 2.63. The molecule has 1 aliphatic rings. The van der Waals surface area contributed by atoms with Crippen molar-refractivity contribution in [3.8, 4) is 11.5 Å². The van der Waals surface area contributed by atoms with Gasteiger partial charge in [-0.05, 0) is 37.1 Å². The van der Waals surface area contributed by atoms with Gasteiger partial charge in [0.15, 0.2) is 5.78 Å². The van der Waals surface area contributed by atoms with Crippen LogP contribution in [0.15, 0.2) is 42.5 Å². The number of aromatic hydroxyl groups is 1. The molecule has 134 valence electrons. The first kappa shape index (κ1) is 18.0. The maximum Gasteiger partial charge on any atom is 0.526 e. The van der Waals surface area contributed by atoms with Crippen molar-refractivity contribution >= 4 is 18.9 Å². The van der Waals surface area contributed by atoms with Crippen molar-refractivity contribution in [2.24, 2.45) is 0 Å². The fourth-order valence-electron chi connectivity index (χ4n) is 3.06. The third-order valence-electron chi connectivity index (χ3n) is 4.33. The van der Waals surface area contributed by atoms with E-state index in [1.54, 1.807) is 37.3 Å². The molecule has 3 rings (SSSR count). The van der Waals surface area contributed by atoms with Crippen LogP contribution in [0.2, 0.25) is 5.82 Å². The molecule has 2 aromatic rings. The van der Waals surface area contributed by atoms with Crippen LogP contribution in [0.4, 0.5) is 0 Å². The Morgan fingerprint density at radius 3 is 2.77 bits per heavy atom. The molecule has 0 aromatic heterocycles. The van der Waals surface area contributed by atoms with Gasteiger partial charge < -0.3 is 19.5 Å². The van der Waals surface area contributed by atoms with Crippen molar-refractivity contribution < 1.29 is 29.1 Å². The zero-order valence-corrected chi connectivity index (χ0v) is 14.3. The van der Waals surface area contributed by atoms with Crippen molar-refractivity contribution in [2.45, 2.75) is 25.6 Å². The van der Waals surface area contributed by atoms with E-state index in [1.807, 2.05) is 0 Å². The number of benzene rings is 2. The number of para-hydroxylation sites is 1. The molecule has 2 aromatic carbocycles. The van der Waals surface area contributed by atoms with Crippen molar-refractivity contribution in [1.82, 2.24) is 0 Å². The number of rotatable bonds is 5. The zero-order valence-electron chi connectivity index (χ0n) is 14.3. The number of phenolic OH excluding ortho intramolecular Hbond substituents is 1. The third-order valence-corrected chi connectivity index (χ3v) is 4.33. The van der Waals surface area contributed by atoms with Gasteiger partial charge >= 0.3 is 13.1 Å². The van der Waals surface area contributed by atoms with Gasteiger partial charge in [-0.3, -0.25) is 4.79 Å². The fourth-order valence-corrected chi connectivity index (χ4v) is 3.06. The molecule has 0 spiro atoms. The van der Waals surface area contributed by atoms with Crippen LogP contribution < -0.4 is 4.65 Å². The van der Waals surface area contributed by atoms with Gasteiger partial charge in [-0.25, -0.2) is 4.79 Å². The van der Waals surface area contributed by atoms with Crippen LogP contribution in [0.1, 0.15) is 39.6 Å². The summed E-state index contributed by atoms with van der Waals surface area (Å²) >= 11 is 0. The summed E-state index contributed by atoms with van der Waals surface area (Å²) in [7, 11) is -1.21. The predicted molar refractivity (Wildman–Crippen MR) is 95.5 cm³/mol. The first-order valence-corrected chi connectivity index (χ1v) is 8.45. The standard InChI is InChI=1S/C19H19BO6/c1-2-25-19(23)16-8-4-6-13-9-14(20(24)26-18(13)16)11-17(22)12-5-3-7-15(21)10-12/h3-8,10,14,21,24H,2,9,11H2,1H3/t14-/m1/s1. The normalized spacial score (nSPS) is 15.8. The van der Waals surface area contributed by atoms with Crippen molar-refractivity contribution in [2.75, 3.05) is 6.61 Å². The summed E-state index contributed by atoms with van der Waals surface area (Å²) in [5.41, 5.74) is 1.39. The highest BCUT2D eigenvalue weighted by molar-refractivity contribution is 6.47. The number of fused-ring (bicyclic) bond motifs is 1. The van der Waals surface area contributed by atoms with E-state index in [1.165, 1.54) is 12.1 Å². The Morgan fingerprint density at radius 2 is 2.04 bits per heavy atom. The second-order valence-corrected chi connectivity index (χ2v) is 6.16. The summed E-state index contributed by atoms with van der Waals surface area (Å²) in [4.78, 5) is 24.5. The van der Waals surface area contributed by atoms with E-state index in [0.717, 1.165) is 5.56 Å². The van der Waals surface area contributed by atoms with Crippen LogP contribution in [0.5, 0.6) is 11.5 Å². The number of ether oxygens (including phenoxy) is 1. The molecular formula is C19H19BO6. The Labute approximate surface area is 151 Å². The van der Waals surface area contributed by atoms with Gasteiger partial charge in [0.1, 0.15) is 17.1 Å². The number of ketones is 1. The maximum atomic E-state index is 12.4. The van der Waals surface area contributed by atoms with Gasteiger partial charge in [0.2, 0.25) is 0 Å². The van der Waals surface area contributed by atoms with Gasteiger partial charge in [0.25, 0.3) is 0 Å². The topological polar surface area (TPSA) is 93.1 Å². The Morgan fingerprint density at radius 1 is 1.27 bits per heavy atom. The molecule has 0 aliphatic carbocycles. The molecule has 0 radical (unpaired) electrons. The van der Waals surface area contributed by atoms with Gasteiger partial charge in [0, 0.05) is 17.8 Å². The average Bonchev–Trinajstić information content (AvgIpc) is 2.62. The number of carbonyl (C=O) groups excluding carboxylic acids is 2. The lowest BCUT2D eigenvalue weighted by Gasteiger charge is -2.28. The van der Waals surface area contributed by atoms with E-state index in [4.69, 9.17) is 9.39 Å². The first-order valence-electron chi connectivity index (χ1n) is 8.45. The summed E-state index contributed by atoms with van der Waals surface area (Å²) in [6.45, 7) is 1.96. The smallest absolute Gasteiger partial charge is 0.526 e. The van der Waals surface area contributed by atoms with Crippen LogP contribution in [-0.4, -0.2) is 35.6 Å². The molecule has 2 N–H and O–H groups in total. The van der Waals surface area contributed by atoms with Crippen molar-refractivity contribution in [3.05, 3.63) is 59.2 Å². The summed E-state index contributed by atoms with van der Waals surface area (Å²) in [6, 6.07) is 11.2. The second kappa shape index (κ2) is 7.62. The molecule has 0 bridgehead atoms. The highest BCUT2D eigenvalue weighted by Crippen LogP contribution is 2.37. The summed E-state index contributed by atoms with van der Waals surface area (Å²) in [6.07, 6.45) is 0.460. The van der Waals surface area contributed by atoms with Crippen LogP contribution in [0, 0.1) is 0 Å². The van der Waals surface area contributed by atoms with Gasteiger partial charge in [0.05, 0.1) is 6.61 Å². The lowest BCUT2D eigenvalue weighted by molar-refractivity contribution is 0.0523. The minimum atomic E-state index is -1.21. The number of hydrogen-bond acceptors (Lipinski definition) is 6. The largest absolute Gasteiger partial charge is 0.535 e. The SMILES string of the molecule is CCOC(=O)c1cccc2c1OB(O)[C@@H](CC(=O)c1cccc(O)c1)C2. The minimum absolute atomic E-state index is 0.0146. The van der Waals surface area contributed by atoms with E-state index in [9.17, 15) is 19.7 Å². The van der Waals surface area contributed by atoms with E-state index in [0.29, 0.717) is 17.7 Å². The average molecular weight is 354 g/mol. The fraction of sp³-hybridized carbons (Fsp3) is 0.263. The van der Waals surface area contributed by atoms with Gasteiger partial charge in [-0.2, -0.15) is 0 Å². The molecule has 0 amide bonds. The monoisotopic (exact) mass is 354 g/mol. The second-order valence-electron chi connectivity index (χ2n) is 6.16.